The molecular formula is C10H20O4. The molecule has 0 aromatic rings. The van der Waals surface area contributed by atoms with Gasteiger partial charge in [0, 0.05) is 0 Å². The molecule has 2 unspecified atom stereocenters. The zero-order valence-electron chi connectivity index (χ0n) is 7.20. The maximum atomic E-state index is 10.0. The Morgan fingerprint density at radius 1 is 1.21 bits per heavy atom. The lowest BCUT2D eigenvalue weighted by molar-refractivity contribution is -0.168. The molecule has 0 aromatic heterocycles. The maximum Gasteiger partial charge on any atom is 0.312 e. The predicted octanol–water partition coefficient (Wildman–Crippen LogP) is 1.77. The molecule has 2 heterocycles. The van der Waals surface area contributed by atoms with Gasteiger partial charge in [-0.2, -0.15) is 0 Å². The van der Waals surface area contributed by atoms with E-state index in [1.165, 1.54) is 0 Å². The van der Waals surface area contributed by atoms with Crippen molar-refractivity contribution < 1.29 is 19.1 Å². The van der Waals surface area contributed by atoms with E-state index in [1.54, 1.807) is 0 Å². The van der Waals surface area contributed by atoms with Crippen LogP contribution in [-0.4, -0.2) is 24.6 Å². The van der Waals surface area contributed by atoms with E-state index >= 15 is 0 Å². The molecule has 84 valence electrons. The number of carbonyl (C=O) groups is 2. The van der Waals surface area contributed by atoms with Crippen LogP contribution in [0.4, 0.5) is 0 Å². The first-order chi connectivity index (χ1) is 5.59. The van der Waals surface area contributed by atoms with E-state index in [0.29, 0.717) is 13.0 Å². The predicted molar refractivity (Wildman–Crippen MR) is 53.8 cm³/mol. The summed E-state index contributed by atoms with van der Waals surface area (Å²) in [5, 5.41) is 0. The van der Waals surface area contributed by atoms with Crippen LogP contribution in [0.15, 0.2) is 0 Å². The van der Waals surface area contributed by atoms with E-state index < -0.39 is 0 Å². The summed E-state index contributed by atoms with van der Waals surface area (Å²) >= 11 is 0. The van der Waals surface area contributed by atoms with E-state index in [0.717, 1.165) is 0 Å². The topological polar surface area (TPSA) is 52.6 Å². The highest BCUT2D eigenvalue weighted by atomic mass is 16.6. The van der Waals surface area contributed by atoms with Crippen LogP contribution in [0.1, 0.15) is 35.1 Å². The number of carbonyl (C=O) groups excluding carboxylic acids is 2. The molecule has 0 aliphatic carbocycles. The molecular weight excluding hydrogens is 184 g/mol. The van der Waals surface area contributed by atoms with Crippen molar-refractivity contribution >= 4 is 11.9 Å². The van der Waals surface area contributed by atoms with Gasteiger partial charge in [-0.05, 0) is 13.8 Å². The summed E-state index contributed by atoms with van der Waals surface area (Å²) in [5.41, 5.74) is 0. The van der Waals surface area contributed by atoms with Gasteiger partial charge in [0.2, 0.25) is 0 Å². The molecule has 0 amide bonds. The molecule has 2 aliphatic heterocycles. The third-order valence-corrected chi connectivity index (χ3v) is 1.66. The van der Waals surface area contributed by atoms with Crippen molar-refractivity contribution in [3.8, 4) is 0 Å². The second-order valence-electron chi connectivity index (χ2n) is 3.04. The van der Waals surface area contributed by atoms with Crippen LogP contribution in [-0.2, 0) is 19.1 Å². The van der Waals surface area contributed by atoms with Gasteiger partial charge in [-0.3, -0.25) is 9.59 Å². The SMILES string of the molecule is C.C.CC1CC(=O)O1.CC1COC1=O. The molecule has 2 rings (SSSR count). The lowest BCUT2D eigenvalue weighted by atomic mass is 10.1. The highest BCUT2D eigenvalue weighted by molar-refractivity contribution is 5.76. The first kappa shape index (κ1) is 15.4. The van der Waals surface area contributed by atoms with E-state index in [9.17, 15) is 9.59 Å². The quantitative estimate of drug-likeness (QED) is 0.564. The van der Waals surface area contributed by atoms with Crippen molar-refractivity contribution in [1.82, 2.24) is 0 Å². The smallest absolute Gasteiger partial charge is 0.312 e. The molecule has 0 spiro atoms. The van der Waals surface area contributed by atoms with Crippen molar-refractivity contribution in [2.24, 2.45) is 5.92 Å². The Labute approximate surface area is 85.6 Å². The van der Waals surface area contributed by atoms with E-state index in [-0.39, 0.29) is 38.8 Å². The number of rotatable bonds is 0. The standard InChI is InChI=1S/2C4H6O2.2CH4/c1-3-2-6-4(3)5;1-3-2-4(5)6-3;;/h2*3H,2H2,1H3;2*1H4. The van der Waals surface area contributed by atoms with Crippen molar-refractivity contribution in [2.45, 2.75) is 41.2 Å². The van der Waals surface area contributed by atoms with Gasteiger partial charge < -0.3 is 9.47 Å². The minimum atomic E-state index is -0.0671. The van der Waals surface area contributed by atoms with Crippen LogP contribution in [0, 0.1) is 5.92 Å². The maximum absolute atomic E-state index is 10.0. The molecule has 2 saturated heterocycles. The zero-order valence-corrected chi connectivity index (χ0v) is 7.20. The second kappa shape index (κ2) is 6.40. The Hall–Kier alpha value is -1.06. The van der Waals surface area contributed by atoms with Gasteiger partial charge in [-0.25, -0.2) is 0 Å². The minimum Gasteiger partial charge on any atom is -0.464 e. The van der Waals surface area contributed by atoms with Crippen molar-refractivity contribution in [3.05, 3.63) is 0 Å². The summed E-state index contributed by atoms with van der Waals surface area (Å²) in [4.78, 5) is 19.9. The first-order valence-corrected chi connectivity index (χ1v) is 3.95. The van der Waals surface area contributed by atoms with Gasteiger partial charge >= 0.3 is 11.9 Å². The number of cyclic esters (lactones) is 2. The van der Waals surface area contributed by atoms with Crippen LogP contribution in [0.2, 0.25) is 0 Å². The normalized spacial score (nSPS) is 27.0. The van der Waals surface area contributed by atoms with Crippen LogP contribution in [0.3, 0.4) is 0 Å². The highest BCUT2D eigenvalue weighted by Gasteiger charge is 2.24. The molecule has 2 atom stereocenters. The summed E-state index contributed by atoms with van der Waals surface area (Å²) < 4.78 is 8.90. The zero-order chi connectivity index (χ0) is 9.14. The molecule has 0 saturated carbocycles. The van der Waals surface area contributed by atoms with Gasteiger partial charge in [0.1, 0.15) is 12.7 Å². The fourth-order valence-electron chi connectivity index (χ4n) is 0.768. The van der Waals surface area contributed by atoms with Gasteiger partial charge in [0.05, 0.1) is 12.3 Å². The molecule has 0 bridgehead atoms. The average molecular weight is 204 g/mol. The van der Waals surface area contributed by atoms with E-state index in [1.807, 2.05) is 13.8 Å². The summed E-state index contributed by atoms with van der Waals surface area (Å²) in [6, 6.07) is 0. The van der Waals surface area contributed by atoms with Crippen LogP contribution >= 0.6 is 0 Å². The summed E-state index contributed by atoms with van der Waals surface area (Å²) in [5.74, 6) is 0.0440. The largest absolute Gasteiger partial charge is 0.464 e. The third kappa shape index (κ3) is 4.25. The van der Waals surface area contributed by atoms with E-state index in [2.05, 4.69) is 9.47 Å². The fraction of sp³-hybridized carbons (Fsp3) is 0.800. The minimum absolute atomic E-state index is 0. The Morgan fingerprint density at radius 3 is 1.64 bits per heavy atom. The molecule has 2 aliphatic rings. The van der Waals surface area contributed by atoms with E-state index in [4.69, 9.17) is 0 Å². The molecule has 0 N–H and O–H groups in total. The Bertz CT molecular complexity index is 192. The lowest BCUT2D eigenvalue weighted by Gasteiger charge is -2.20. The summed E-state index contributed by atoms with van der Waals surface area (Å²) in [6.07, 6.45) is 0.803. The lowest BCUT2D eigenvalue weighted by Crippen LogP contribution is -2.31. The number of hydrogen-bond donors (Lipinski definition) is 0. The monoisotopic (exact) mass is 204 g/mol. The molecule has 14 heavy (non-hydrogen) atoms. The highest BCUT2D eigenvalue weighted by Crippen LogP contribution is 2.10. The molecule has 2 fully saturated rings. The van der Waals surface area contributed by atoms with Gasteiger partial charge in [-0.15, -0.1) is 0 Å². The third-order valence-electron chi connectivity index (χ3n) is 1.66. The number of ether oxygens (including phenoxy) is 2. The first-order valence-electron chi connectivity index (χ1n) is 3.95. The van der Waals surface area contributed by atoms with Crippen LogP contribution in [0.5, 0.6) is 0 Å². The van der Waals surface area contributed by atoms with Crippen LogP contribution in [0.25, 0.3) is 0 Å². The van der Waals surface area contributed by atoms with Gasteiger partial charge in [0.25, 0.3) is 0 Å². The van der Waals surface area contributed by atoms with Crippen molar-refractivity contribution in [1.29, 1.82) is 0 Å². The van der Waals surface area contributed by atoms with Crippen molar-refractivity contribution in [3.63, 3.8) is 0 Å². The Kier molecular flexibility index (Phi) is 7.05. The molecule has 0 aromatic carbocycles. The van der Waals surface area contributed by atoms with Crippen molar-refractivity contribution in [2.75, 3.05) is 6.61 Å². The second-order valence-corrected chi connectivity index (χ2v) is 3.04. The van der Waals surface area contributed by atoms with Crippen LogP contribution < -0.4 is 0 Å². The average Bonchev–Trinajstić information content (AvgIpc) is 2.00. The fourth-order valence-corrected chi connectivity index (χ4v) is 0.768. The Morgan fingerprint density at radius 2 is 1.64 bits per heavy atom. The molecule has 4 nitrogen and oxygen atoms in total. The number of esters is 2. The van der Waals surface area contributed by atoms with Gasteiger partial charge in [0.15, 0.2) is 0 Å². The molecule has 4 heteroatoms. The molecule has 0 radical (unpaired) electrons. The Balaban J connectivity index is 0. The van der Waals surface area contributed by atoms with Gasteiger partial charge in [-0.1, -0.05) is 14.9 Å². The summed E-state index contributed by atoms with van der Waals surface area (Å²) in [6.45, 7) is 4.35. The number of hydrogen-bond acceptors (Lipinski definition) is 4. The summed E-state index contributed by atoms with van der Waals surface area (Å²) in [7, 11) is 0.